The molecule has 0 aliphatic carbocycles. The van der Waals surface area contributed by atoms with Crippen LogP contribution < -0.4 is 4.74 Å². The van der Waals surface area contributed by atoms with E-state index in [2.05, 4.69) is 4.98 Å². The van der Waals surface area contributed by atoms with Gasteiger partial charge in [-0.25, -0.2) is 9.18 Å². The predicted molar refractivity (Wildman–Crippen MR) is 101 cm³/mol. The van der Waals surface area contributed by atoms with Gasteiger partial charge in [-0.15, -0.1) is 0 Å². The molecule has 2 aromatic carbocycles. The zero-order valence-corrected chi connectivity index (χ0v) is 15.5. The molecule has 1 N–H and O–H groups in total. The Morgan fingerprint density at radius 1 is 1.16 bits per heavy atom. The molecule has 126 valence electrons. The number of ether oxygens (including phenoxy) is 1. The molecule has 1 aromatic heterocycles. The Morgan fingerprint density at radius 3 is 2.60 bits per heavy atom. The number of hydrogen-bond donors (Lipinski definition) is 1. The van der Waals surface area contributed by atoms with Gasteiger partial charge in [0.2, 0.25) is 0 Å². The van der Waals surface area contributed by atoms with Gasteiger partial charge in [0.25, 0.3) is 0 Å². The first-order valence-corrected chi connectivity index (χ1v) is 8.52. The lowest BCUT2D eigenvalue weighted by Crippen LogP contribution is -2.02. The summed E-state index contributed by atoms with van der Waals surface area (Å²) in [5.41, 5.74) is 1.01. The Bertz CT molecular complexity index is 965. The number of pyridine rings is 1. The summed E-state index contributed by atoms with van der Waals surface area (Å²) in [5.74, 6) is -1.07. The van der Waals surface area contributed by atoms with Gasteiger partial charge in [-0.05, 0) is 52.9 Å². The average Bonchev–Trinajstić information content (AvgIpc) is 2.59. The first-order valence-electron chi connectivity index (χ1n) is 7.07. The van der Waals surface area contributed by atoms with Crippen molar-refractivity contribution < 1.29 is 19.0 Å². The fraction of sp³-hybridized carbons (Fsp3) is 0. The quantitative estimate of drug-likeness (QED) is 0.503. The smallest absolute Gasteiger partial charge is 0.341 e. The van der Waals surface area contributed by atoms with Crippen molar-refractivity contribution in [2.24, 2.45) is 0 Å². The van der Waals surface area contributed by atoms with Gasteiger partial charge in [-0.2, -0.15) is 0 Å². The van der Waals surface area contributed by atoms with Gasteiger partial charge in [0.15, 0.2) is 0 Å². The summed E-state index contributed by atoms with van der Waals surface area (Å²) in [6.45, 7) is 0. The number of carboxylic acid groups (broad SMARTS) is 1. The van der Waals surface area contributed by atoms with Crippen LogP contribution in [-0.2, 0) is 0 Å². The molecular weight excluding hydrogens is 460 g/mol. The van der Waals surface area contributed by atoms with Crippen molar-refractivity contribution in [2.45, 2.75) is 0 Å². The van der Waals surface area contributed by atoms with E-state index < -0.39 is 5.97 Å². The maximum atomic E-state index is 13.5. The molecular formula is C18H10ClFINO3. The number of halogens is 3. The molecule has 0 saturated carbocycles. The van der Waals surface area contributed by atoms with Gasteiger partial charge < -0.3 is 9.84 Å². The fourth-order valence-corrected chi connectivity index (χ4v) is 2.83. The van der Waals surface area contributed by atoms with Gasteiger partial charge in [0.05, 0.1) is 10.7 Å². The molecule has 1 heterocycles. The highest BCUT2D eigenvalue weighted by Gasteiger charge is 2.16. The maximum absolute atomic E-state index is 13.5. The molecule has 0 aliphatic heterocycles. The Morgan fingerprint density at radius 2 is 1.92 bits per heavy atom. The summed E-state index contributed by atoms with van der Waals surface area (Å²) < 4.78 is 19.6. The van der Waals surface area contributed by atoms with Crippen LogP contribution in [0.3, 0.4) is 0 Å². The average molecular weight is 470 g/mol. The summed E-state index contributed by atoms with van der Waals surface area (Å²) in [6, 6.07) is 12.8. The maximum Gasteiger partial charge on any atom is 0.341 e. The van der Waals surface area contributed by atoms with Gasteiger partial charge in [0.1, 0.15) is 22.9 Å². The molecule has 4 nitrogen and oxygen atoms in total. The number of rotatable bonds is 4. The summed E-state index contributed by atoms with van der Waals surface area (Å²) >= 11 is 7.95. The highest BCUT2D eigenvalue weighted by molar-refractivity contribution is 14.1. The lowest BCUT2D eigenvalue weighted by atomic mass is 10.1. The summed E-state index contributed by atoms with van der Waals surface area (Å²) in [4.78, 5) is 15.6. The van der Waals surface area contributed by atoms with Crippen molar-refractivity contribution in [3.63, 3.8) is 0 Å². The molecule has 25 heavy (non-hydrogen) atoms. The van der Waals surface area contributed by atoms with Gasteiger partial charge >= 0.3 is 5.97 Å². The van der Waals surface area contributed by atoms with E-state index in [0.717, 1.165) is 0 Å². The predicted octanol–water partition coefficient (Wildman–Crippen LogP) is 5.64. The zero-order chi connectivity index (χ0) is 18.0. The molecule has 0 fully saturated rings. The molecule has 0 bridgehead atoms. The van der Waals surface area contributed by atoms with Crippen LogP contribution in [0.2, 0.25) is 5.02 Å². The van der Waals surface area contributed by atoms with Crippen LogP contribution in [0.1, 0.15) is 10.4 Å². The van der Waals surface area contributed by atoms with E-state index in [1.54, 1.807) is 36.4 Å². The lowest BCUT2D eigenvalue weighted by molar-refractivity contribution is 0.0693. The lowest BCUT2D eigenvalue weighted by Gasteiger charge is -2.11. The highest BCUT2D eigenvalue weighted by Crippen LogP contribution is 2.33. The van der Waals surface area contributed by atoms with Crippen molar-refractivity contribution in [2.75, 3.05) is 0 Å². The molecule has 3 aromatic rings. The fourth-order valence-electron chi connectivity index (χ4n) is 2.14. The first-order chi connectivity index (χ1) is 12.0. The Labute approximate surface area is 161 Å². The van der Waals surface area contributed by atoms with Crippen LogP contribution in [0.5, 0.6) is 11.5 Å². The number of nitrogens with zero attached hydrogens (tertiary/aromatic N) is 1. The van der Waals surface area contributed by atoms with Crippen LogP contribution in [0.15, 0.2) is 54.7 Å². The van der Waals surface area contributed by atoms with Crippen LogP contribution in [0.4, 0.5) is 4.39 Å². The molecule has 0 spiro atoms. The van der Waals surface area contributed by atoms with Gasteiger partial charge in [0, 0.05) is 21.4 Å². The summed E-state index contributed by atoms with van der Waals surface area (Å²) in [6.07, 6.45) is 1.21. The number of hydrogen-bond acceptors (Lipinski definition) is 3. The second-order valence-corrected chi connectivity index (χ2v) is 6.60. The van der Waals surface area contributed by atoms with E-state index in [0.29, 0.717) is 25.6 Å². The topological polar surface area (TPSA) is 59.4 Å². The van der Waals surface area contributed by atoms with Crippen LogP contribution in [0, 0.1) is 9.39 Å². The van der Waals surface area contributed by atoms with E-state index in [4.69, 9.17) is 16.3 Å². The molecule has 7 heteroatoms. The van der Waals surface area contributed by atoms with Crippen LogP contribution >= 0.6 is 34.2 Å². The number of benzene rings is 2. The number of para-hydroxylation sites is 1. The largest absolute Gasteiger partial charge is 0.477 e. The monoisotopic (exact) mass is 469 g/mol. The minimum atomic E-state index is -1.17. The number of aromatic nitrogens is 1. The summed E-state index contributed by atoms with van der Waals surface area (Å²) in [5, 5.41) is 9.71. The Balaban J connectivity index is 2.07. The minimum Gasteiger partial charge on any atom is -0.477 e. The summed E-state index contributed by atoms with van der Waals surface area (Å²) in [7, 11) is 0. The van der Waals surface area contributed by atoms with Crippen molar-refractivity contribution in [1.29, 1.82) is 0 Å². The number of carboxylic acids is 1. The SMILES string of the molecule is O=C(O)c1cnc(-c2ccc(F)c(I)c2)cc1Oc1ccccc1Cl. The van der Waals surface area contributed by atoms with Gasteiger partial charge in [-0.1, -0.05) is 23.7 Å². The third-order valence-electron chi connectivity index (χ3n) is 3.37. The molecule has 0 unspecified atom stereocenters. The van der Waals surface area contributed by atoms with Crippen LogP contribution in [0.25, 0.3) is 11.3 Å². The number of carbonyl (C=O) groups is 1. The molecule has 0 saturated heterocycles. The van der Waals surface area contributed by atoms with Gasteiger partial charge in [-0.3, -0.25) is 4.98 Å². The Kier molecular flexibility index (Phi) is 5.19. The minimum absolute atomic E-state index is 0.0968. The van der Waals surface area contributed by atoms with E-state index in [1.807, 2.05) is 22.6 Å². The second-order valence-electron chi connectivity index (χ2n) is 5.03. The third kappa shape index (κ3) is 3.91. The van der Waals surface area contributed by atoms with E-state index in [-0.39, 0.29) is 17.1 Å². The van der Waals surface area contributed by atoms with E-state index >= 15 is 0 Å². The van der Waals surface area contributed by atoms with Crippen molar-refractivity contribution >= 4 is 40.2 Å². The standard InChI is InChI=1S/C18H10ClFINO3/c19-12-3-1-2-4-16(12)25-17-8-15(22-9-11(17)18(23)24)10-5-6-13(20)14(21)7-10/h1-9H,(H,23,24). The van der Waals surface area contributed by atoms with E-state index in [1.165, 1.54) is 18.3 Å². The zero-order valence-electron chi connectivity index (χ0n) is 12.5. The number of aromatic carboxylic acids is 1. The second kappa shape index (κ2) is 7.37. The normalized spacial score (nSPS) is 10.5. The molecule has 0 radical (unpaired) electrons. The molecule has 3 rings (SSSR count). The van der Waals surface area contributed by atoms with Crippen molar-refractivity contribution in [3.8, 4) is 22.8 Å². The highest BCUT2D eigenvalue weighted by atomic mass is 127. The Hall–Kier alpha value is -2.19. The first kappa shape index (κ1) is 17.6. The molecule has 0 amide bonds. The molecule has 0 aliphatic rings. The van der Waals surface area contributed by atoms with Crippen molar-refractivity contribution in [3.05, 3.63) is 74.7 Å². The molecule has 0 atom stereocenters. The van der Waals surface area contributed by atoms with Crippen molar-refractivity contribution in [1.82, 2.24) is 4.98 Å². The van der Waals surface area contributed by atoms with Crippen LogP contribution in [-0.4, -0.2) is 16.1 Å². The third-order valence-corrected chi connectivity index (χ3v) is 4.51. The van der Waals surface area contributed by atoms with E-state index in [9.17, 15) is 14.3 Å².